The maximum absolute atomic E-state index is 5.84. The quantitative estimate of drug-likeness (QED) is 0.321. The van der Waals surface area contributed by atoms with Gasteiger partial charge in [-0.25, -0.2) is 9.97 Å². The fraction of sp³-hybridized carbons (Fsp3) is 0.179. The van der Waals surface area contributed by atoms with Crippen LogP contribution in [0.3, 0.4) is 0 Å². The lowest BCUT2D eigenvalue weighted by molar-refractivity contribution is 0.393. The molecule has 0 spiro atoms. The third-order valence-corrected chi connectivity index (χ3v) is 6.58. The van der Waals surface area contributed by atoms with Crippen LogP contribution in [-0.4, -0.2) is 27.2 Å². The van der Waals surface area contributed by atoms with Gasteiger partial charge in [0.2, 0.25) is 0 Å². The second-order valence-electron chi connectivity index (χ2n) is 8.74. The third kappa shape index (κ3) is 2.91. The molecule has 3 aromatic heterocycles. The molecule has 6 nitrogen and oxygen atoms in total. The van der Waals surface area contributed by atoms with E-state index in [-0.39, 0.29) is 0 Å². The van der Waals surface area contributed by atoms with E-state index in [2.05, 4.69) is 65.6 Å². The maximum atomic E-state index is 5.84. The highest BCUT2D eigenvalue weighted by Gasteiger charge is 2.21. The highest BCUT2D eigenvalue weighted by atomic mass is 16.5. The topological polar surface area (TPSA) is 76.8 Å². The molecule has 0 amide bonds. The van der Waals surface area contributed by atoms with Gasteiger partial charge in [0.15, 0.2) is 0 Å². The molecule has 0 unspecified atom stereocenters. The average Bonchev–Trinajstić information content (AvgIpc) is 3.36. The normalized spacial score (nSPS) is 11.7. The largest absolute Gasteiger partial charge is 0.496 e. The number of rotatable bonds is 3. The highest BCUT2D eigenvalue weighted by Crippen LogP contribution is 2.42. The molecule has 34 heavy (non-hydrogen) atoms. The van der Waals surface area contributed by atoms with Gasteiger partial charge in [-0.15, -0.1) is 0 Å². The molecule has 0 aliphatic heterocycles. The number of aromatic amines is 1. The second-order valence-corrected chi connectivity index (χ2v) is 8.74. The number of nitrogens with zero attached hydrogens (tertiary/aromatic N) is 3. The van der Waals surface area contributed by atoms with Crippen molar-refractivity contribution in [2.24, 2.45) is 0 Å². The van der Waals surface area contributed by atoms with Crippen LogP contribution in [0.1, 0.15) is 22.8 Å². The van der Waals surface area contributed by atoms with Gasteiger partial charge in [-0.05, 0) is 56.2 Å². The first-order valence-corrected chi connectivity index (χ1v) is 11.3. The van der Waals surface area contributed by atoms with E-state index >= 15 is 0 Å². The van der Waals surface area contributed by atoms with Crippen molar-refractivity contribution in [3.8, 4) is 28.1 Å². The lowest BCUT2D eigenvalue weighted by atomic mass is 9.96. The molecule has 3 heterocycles. The van der Waals surface area contributed by atoms with E-state index in [1.807, 2.05) is 20.8 Å². The van der Waals surface area contributed by atoms with Crippen molar-refractivity contribution in [3.05, 3.63) is 71.4 Å². The molecular formula is C28H24N4O2. The molecule has 168 valence electrons. The van der Waals surface area contributed by atoms with E-state index in [1.54, 1.807) is 7.11 Å². The van der Waals surface area contributed by atoms with Gasteiger partial charge in [-0.3, -0.25) is 0 Å². The van der Waals surface area contributed by atoms with Crippen LogP contribution in [0.4, 0.5) is 0 Å². The monoisotopic (exact) mass is 448 g/mol. The van der Waals surface area contributed by atoms with Gasteiger partial charge in [-0.1, -0.05) is 41.6 Å². The van der Waals surface area contributed by atoms with Crippen LogP contribution >= 0.6 is 0 Å². The molecule has 6 heteroatoms. The first-order chi connectivity index (χ1) is 16.5. The van der Waals surface area contributed by atoms with Crippen molar-refractivity contribution >= 4 is 32.7 Å². The van der Waals surface area contributed by atoms with Crippen LogP contribution in [0.2, 0.25) is 0 Å². The fourth-order valence-electron chi connectivity index (χ4n) is 5.02. The Morgan fingerprint density at radius 2 is 1.65 bits per heavy atom. The Kier molecular flexibility index (Phi) is 4.45. The molecule has 3 aromatic carbocycles. The van der Waals surface area contributed by atoms with Crippen LogP contribution in [-0.2, 0) is 0 Å². The molecule has 0 atom stereocenters. The Labute approximate surface area is 196 Å². The molecule has 0 bridgehead atoms. The first-order valence-electron chi connectivity index (χ1n) is 11.3. The number of methoxy groups -OCH3 is 1. The smallest absolute Gasteiger partial charge is 0.142 e. The Hall–Kier alpha value is -4.19. The number of hydrogen-bond donors (Lipinski definition) is 1. The predicted octanol–water partition coefficient (Wildman–Crippen LogP) is 6.83. The Morgan fingerprint density at radius 1 is 0.853 bits per heavy atom. The number of benzene rings is 3. The highest BCUT2D eigenvalue weighted by molar-refractivity contribution is 6.16. The molecule has 6 aromatic rings. The number of nitrogens with one attached hydrogen (secondary N) is 1. The van der Waals surface area contributed by atoms with Crippen LogP contribution in [0.5, 0.6) is 5.75 Å². The number of aromatic nitrogens is 4. The summed E-state index contributed by atoms with van der Waals surface area (Å²) in [6, 6.07) is 16.9. The molecule has 0 saturated heterocycles. The SMILES string of the molecule is COc1cc2c(cc1-c1c(C)noc1C)[nH]c1nc(C)nc(-c3ccc(C)c4ccccc34)c12. The summed E-state index contributed by atoms with van der Waals surface area (Å²) in [5.74, 6) is 2.23. The Morgan fingerprint density at radius 3 is 2.38 bits per heavy atom. The second kappa shape index (κ2) is 7.42. The molecule has 1 N–H and O–H groups in total. The summed E-state index contributed by atoms with van der Waals surface area (Å²) in [5, 5.41) is 8.53. The van der Waals surface area contributed by atoms with Crippen LogP contribution < -0.4 is 4.74 Å². The van der Waals surface area contributed by atoms with E-state index in [9.17, 15) is 0 Å². The molecule has 0 aliphatic carbocycles. The van der Waals surface area contributed by atoms with Crippen LogP contribution in [0.25, 0.3) is 55.1 Å². The summed E-state index contributed by atoms with van der Waals surface area (Å²) < 4.78 is 11.3. The van der Waals surface area contributed by atoms with E-state index in [0.717, 1.165) is 67.3 Å². The van der Waals surface area contributed by atoms with E-state index in [4.69, 9.17) is 19.2 Å². The van der Waals surface area contributed by atoms with Gasteiger partial charge in [-0.2, -0.15) is 0 Å². The molecule has 0 saturated carbocycles. The summed E-state index contributed by atoms with van der Waals surface area (Å²) in [7, 11) is 1.69. The van der Waals surface area contributed by atoms with Gasteiger partial charge in [0.25, 0.3) is 0 Å². The zero-order chi connectivity index (χ0) is 23.6. The van der Waals surface area contributed by atoms with Crippen LogP contribution in [0, 0.1) is 27.7 Å². The molecule has 6 rings (SSSR count). The van der Waals surface area contributed by atoms with Crippen molar-refractivity contribution in [3.63, 3.8) is 0 Å². The fourth-order valence-corrected chi connectivity index (χ4v) is 5.02. The minimum Gasteiger partial charge on any atom is -0.496 e. The zero-order valence-electron chi connectivity index (χ0n) is 19.8. The lowest BCUT2D eigenvalue weighted by Crippen LogP contribution is -1.94. The van der Waals surface area contributed by atoms with Crippen LogP contribution in [0.15, 0.2) is 53.1 Å². The van der Waals surface area contributed by atoms with Crippen molar-refractivity contribution < 1.29 is 9.26 Å². The van der Waals surface area contributed by atoms with E-state index in [1.165, 1.54) is 16.3 Å². The predicted molar refractivity (Wildman–Crippen MR) is 135 cm³/mol. The number of hydrogen-bond acceptors (Lipinski definition) is 5. The summed E-state index contributed by atoms with van der Waals surface area (Å²) in [6.07, 6.45) is 0. The standard InChI is InChI=1S/C28H24N4O2/c1-14-10-11-20(19-9-7-6-8-18(14)19)27-26-21-13-24(33-5)22(25-15(2)32-34-16(25)3)12-23(21)31-28(26)30-17(4)29-27/h6-13H,1-5H3,(H,29,30,31). The number of aryl methyl sites for hydroxylation is 4. The average molecular weight is 449 g/mol. The first kappa shape index (κ1) is 20.4. The van der Waals surface area contributed by atoms with Crippen molar-refractivity contribution in [1.82, 2.24) is 20.1 Å². The molecule has 0 aliphatic rings. The summed E-state index contributed by atoms with van der Waals surface area (Å²) in [5.41, 5.74) is 7.72. The van der Waals surface area contributed by atoms with Gasteiger partial charge >= 0.3 is 0 Å². The Balaban J connectivity index is 1.71. The summed E-state index contributed by atoms with van der Waals surface area (Å²) in [4.78, 5) is 13.2. The van der Waals surface area contributed by atoms with Gasteiger partial charge in [0, 0.05) is 22.0 Å². The van der Waals surface area contributed by atoms with Gasteiger partial charge in [0.05, 0.1) is 29.4 Å². The number of ether oxygens (including phenoxy) is 1. The Bertz CT molecular complexity index is 1720. The minimum absolute atomic E-state index is 0.719. The molecular weight excluding hydrogens is 424 g/mol. The summed E-state index contributed by atoms with van der Waals surface area (Å²) in [6.45, 7) is 7.93. The maximum Gasteiger partial charge on any atom is 0.142 e. The van der Waals surface area contributed by atoms with Gasteiger partial charge in [0.1, 0.15) is 23.0 Å². The van der Waals surface area contributed by atoms with E-state index in [0.29, 0.717) is 0 Å². The lowest BCUT2D eigenvalue weighted by Gasteiger charge is -2.11. The third-order valence-electron chi connectivity index (χ3n) is 6.58. The number of fused-ring (bicyclic) bond motifs is 4. The molecule has 0 radical (unpaired) electrons. The zero-order valence-corrected chi connectivity index (χ0v) is 19.8. The van der Waals surface area contributed by atoms with Gasteiger partial charge < -0.3 is 14.2 Å². The van der Waals surface area contributed by atoms with E-state index < -0.39 is 0 Å². The van der Waals surface area contributed by atoms with Crippen molar-refractivity contribution in [2.45, 2.75) is 27.7 Å². The van der Waals surface area contributed by atoms with Crippen molar-refractivity contribution in [2.75, 3.05) is 7.11 Å². The van der Waals surface area contributed by atoms with Crippen molar-refractivity contribution in [1.29, 1.82) is 0 Å². The number of H-pyrrole nitrogens is 1. The minimum atomic E-state index is 0.719. The molecule has 0 fully saturated rings. The summed E-state index contributed by atoms with van der Waals surface area (Å²) >= 11 is 0.